The van der Waals surface area contributed by atoms with E-state index in [1.807, 2.05) is 24.3 Å². The minimum Gasteiger partial charge on any atom is -0.308 e. The molecular weight excluding hydrogens is 449 g/mol. The number of hydrogen-bond donors (Lipinski definition) is 1. The van der Waals surface area contributed by atoms with Gasteiger partial charge in [0.05, 0.1) is 12.2 Å². The highest BCUT2D eigenvalue weighted by atomic mass is 35.5. The number of hydrogen-bond acceptors (Lipinski definition) is 3. The van der Waals surface area contributed by atoms with Gasteiger partial charge in [-0.15, -0.1) is 11.8 Å². The number of halogens is 2. The van der Waals surface area contributed by atoms with Crippen LogP contribution in [-0.4, -0.2) is 29.1 Å². The molecule has 0 radical (unpaired) electrons. The summed E-state index contributed by atoms with van der Waals surface area (Å²) < 4.78 is 13.8. The smallest absolute Gasteiger partial charge is 0.308 e. The molecule has 1 atom stereocenters. The predicted octanol–water partition coefficient (Wildman–Crippen LogP) is 5.46. The zero-order chi connectivity index (χ0) is 22.3. The van der Waals surface area contributed by atoms with E-state index in [1.54, 1.807) is 46.2 Å². The van der Waals surface area contributed by atoms with E-state index in [9.17, 15) is 14.0 Å². The molecule has 1 fully saturated rings. The Hall–Kier alpha value is -3.03. The molecule has 3 aromatic rings. The van der Waals surface area contributed by atoms with Crippen LogP contribution in [0.2, 0.25) is 5.02 Å². The lowest BCUT2D eigenvalue weighted by molar-refractivity contribution is -0.123. The van der Waals surface area contributed by atoms with Crippen LogP contribution in [0.25, 0.3) is 0 Å². The van der Waals surface area contributed by atoms with Gasteiger partial charge in [0.1, 0.15) is 5.82 Å². The number of carbonyl (C=O) groups excluding carboxylic acids is 2. The second kappa shape index (κ2) is 8.15. The minimum absolute atomic E-state index is 0.202. The third-order valence-corrected chi connectivity index (χ3v) is 7.31. The van der Waals surface area contributed by atoms with E-state index in [0.717, 1.165) is 11.3 Å². The van der Waals surface area contributed by atoms with E-state index in [0.29, 0.717) is 28.6 Å². The first-order valence-corrected chi connectivity index (χ1v) is 11.5. The molecule has 5 nitrogen and oxygen atoms in total. The number of nitrogens with zero attached hydrogens (tertiary/aromatic N) is 2. The molecule has 0 saturated carbocycles. The van der Waals surface area contributed by atoms with Gasteiger partial charge in [0.25, 0.3) is 5.91 Å². The third-order valence-electron chi connectivity index (χ3n) is 5.65. The Morgan fingerprint density at radius 1 is 1.09 bits per heavy atom. The van der Waals surface area contributed by atoms with Crippen LogP contribution in [0.15, 0.2) is 72.8 Å². The molecule has 3 aromatic carbocycles. The Balaban J connectivity index is 1.51. The van der Waals surface area contributed by atoms with Crippen LogP contribution >= 0.6 is 23.4 Å². The van der Waals surface area contributed by atoms with E-state index in [1.165, 1.54) is 23.9 Å². The zero-order valence-electron chi connectivity index (χ0n) is 16.9. The van der Waals surface area contributed by atoms with Gasteiger partial charge < -0.3 is 10.2 Å². The molecule has 1 saturated heterocycles. The summed E-state index contributed by atoms with van der Waals surface area (Å²) in [6.07, 6.45) is 0. The molecule has 2 aliphatic heterocycles. The van der Waals surface area contributed by atoms with Crippen LogP contribution in [0.5, 0.6) is 0 Å². The van der Waals surface area contributed by atoms with E-state index in [-0.39, 0.29) is 24.3 Å². The first-order chi connectivity index (χ1) is 15.5. The molecule has 3 amide bonds. The molecule has 5 rings (SSSR count). The zero-order valence-corrected chi connectivity index (χ0v) is 18.5. The van der Waals surface area contributed by atoms with Gasteiger partial charge in [0.15, 0.2) is 4.87 Å². The van der Waals surface area contributed by atoms with Crippen molar-refractivity contribution >= 4 is 46.7 Å². The molecule has 2 heterocycles. The number of thioether (sulfide) groups is 1. The first kappa shape index (κ1) is 20.8. The molecule has 0 bridgehead atoms. The van der Waals surface area contributed by atoms with Crippen molar-refractivity contribution in [2.75, 3.05) is 22.5 Å². The fourth-order valence-corrected chi connectivity index (χ4v) is 5.95. The van der Waals surface area contributed by atoms with E-state index < -0.39 is 4.87 Å². The van der Waals surface area contributed by atoms with Gasteiger partial charge in [0.2, 0.25) is 0 Å². The number of benzene rings is 3. The highest BCUT2D eigenvalue weighted by molar-refractivity contribution is 8.01. The minimum atomic E-state index is -1.16. The number of nitrogens with one attached hydrogen (secondary N) is 1. The van der Waals surface area contributed by atoms with Gasteiger partial charge >= 0.3 is 6.03 Å². The number of rotatable bonds is 3. The monoisotopic (exact) mass is 467 g/mol. The Kier molecular flexibility index (Phi) is 5.31. The topological polar surface area (TPSA) is 52.7 Å². The SMILES string of the molecule is O=C(Nc1cccc(Cl)c1)N1CCSC12C(=O)N(Cc1cccc(F)c1)c1ccccc12. The van der Waals surface area contributed by atoms with Gasteiger partial charge in [-0.3, -0.25) is 9.69 Å². The molecular formula is C24H19ClFN3O2S. The summed E-state index contributed by atoms with van der Waals surface area (Å²) in [5, 5.41) is 3.38. The number of anilines is 2. The van der Waals surface area contributed by atoms with Crippen LogP contribution in [-0.2, 0) is 16.2 Å². The maximum Gasteiger partial charge on any atom is 0.323 e. The summed E-state index contributed by atoms with van der Waals surface area (Å²) in [4.78, 5) is 29.2. The fraction of sp³-hybridized carbons (Fsp3) is 0.167. The molecule has 1 N–H and O–H groups in total. The van der Waals surface area contributed by atoms with Crippen molar-refractivity contribution in [2.24, 2.45) is 0 Å². The Bertz CT molecular complexity index is 1220. The highest BCUT2D eigenvalue weighted by Crippen LogP contribution is 2.54. The highest BCUT2D eigenvalue weighted by Gasteiger charge is 2.59. The second-order valence-corrected chi connectivity index (χ2v) is 9.35. The third kappa shape index (κ3) is 3.42. The van der Waals surface area contributed by atoms with Crippen LogP contribution in [0.3, 0.4) is 0 Å². The van der Waals surface area contributed by atoms with Crippen molar-refractivity contribution in [1.29, 1.82) is 0 Å². The first-order valence-electron chi connectivity index (χ1n) is 10.1. The summed E-state index contributed by atoms with van der Waals surface area (Å²) >= 11 is 7.49. The number of urea groups is 1. The van der Waals surface area contributed by atoms with Crippen molar-refractivity contribution in [3.63, 3.8) is 0 Å². The van der Waals surface area contributed by atoms with E-state index in [2.05, 4.69) is 5.32 Å². The molecule has 2 aliphatic rings. The number of amides is 3. The van der Waals surface area contributed by atoms with Gasteiger partial charge in [-0.1, -0.05) is 48.0 Å². The summed E-state index contributed by atoms with van der Waals surface area (Å²) in [5.74, 6) is 0.0678. The predicted molar refractivity (Wildman–Crippen MR) is 125 cm³/mol. The molecule has 162 valence electrons. The van der Waals surface area contributed by atoms with E-state index >= 15 is 0 Å². The molecule has 0 aromatic heterocycles. The summed E-state index contributed by atoms with van der Waals surface area (Å²) in [6, 6.07) is 20.2. The average Bonchev–Trinajstić information content (AvgIpc) is 3.31. The van der Waals surface area contributed by atoms with Crippen molar-refractivity contribution in [2.45, 2.75) is 11.4 Å². The van der Waals surface area contributed by atoms with Crippen molar-refractivity contribution in [3.8, 4) is 0 Å². The molecule has 1 unspecified atom stereocenters. The number of para-hydroxylation sites is 1. The van der Waals surface area contributed by atoms with Crippen LogP contribution in [0.1, 0.15) is 11.1 Å². The lowest BCUT2D eigenvalue weighted by Gasteiger charge is -2.33. The second-order valence-electron chi connectivity index (χ2n) is 7.62. The van der Waals surface area contributed by atoms with Crippen molar-refractivity contribution < 1.29 is 14.0 Å². The lowest BCUT2D eigenvalue weighted by atomic mass is 10.1. The Labute approximate surface area is 194 Å². The lowest BCUT2D eigenvalue weighted by Crippen LogP contribution is -2.51. The maximum absolute atomic E-state index is 13.9. The summed E-state index contributed by atoms with van der Waals surface area (Å²) in [6.45, 7) is 0.643. The maximum atomic E-state index is 13.9. The number of carbonyl (C=O) groups is 2. The van der Waals surface area contributed by atoms with Crippen molar-refractivity contribution in [1.82, 2.24) is 4.90 Å². The van der Waals surface area contributed by atoms with Crippen LogP contribution in [0.4, 0.5) is 20.6 Å². The molecule has 32 heavy (non-hydrogen) atoms. The summed E-state index contributed by atoms with van der Waals surface area (Å²) in [5.41, 5.74) is 2.75. The summed E-state index contributed by atoms with van der Waals surface area (Å²) in [7, 11) is 0. The molecule has 1 spiro atoms. The van der Waals surface area contributed by atoms with Gasteiger partial charge in [-0.05, 0) is 42.0 Å². The largest absolute Gasteiger partial charge is 0.323 e. The standard InChI is InChI=1S/C24H19ClFN3O2S/c25-17-6-4-8-19(14-17)27-23(31)29-11-12-32-24(29)20-9-1-2-10-21(20)28(22(24)30)15-16-5-3-7-18(26)13-16/h1-10,13-14H,11-12,15H2,(H,27,31). The number of fused-ring (bicyclic) bond motifs is 2. The van der Waals surface area contributed by atoms with Gasteiger partial charge in [-0.25, -0.2) is 9.18 Å². The van der Waals surface area contributed by atoms with E-state index in [4.69, 9.17) is 11.6 Å². The Morgan fingerprint density at radius 3 is 2.72 bits per heavy atom. The van der Waals surface area contributed by atoms with Gasteiger partial charge in [0, 0.05) is 28.6 Å². The molecule has 8 heteroatoms. The van der Waals surface area contributed by atoms with Crippen LogP contribution < -0.4 is 10.2 Å². The average molecular weight is 468 g/mol. The fourth-order valence-electron chi connectivity index (χ4n) is 4.30. The normalized spacial score (nSPS) is 19.5. The van der Waals surface area contributed by atoms with Crippen molar-refractivity contribution in [3.05, 3.63) is 94.8 Å². The van der Waals surface area contributed by atoms with Crippen LogP contribution in [0, 0.1) is 5.82 Å². The van der Waals surface area contributed by atoms with Gasteiger partial charge in [-0.2, -0.15) is 0 Å². The Morgan fingerprint density at radius 2 is 1.91 bits per heavy atom. The molecule has 0 aliphatic carbocycles. The quantitative estimate of drug-likeness (QED) is 0.556.